The molecule has 0 aliphatic rings. The average Bonchev–Trinajstić information content (AvgIpc) is 3.06. The number of nitrogens with one attached hydrogen (secondary N) is 1. The molecule has 7 heteroatoms. The molecule has 3 rings (SSSR count). The highest BCUT2D eigenvalue weighted by Crippen LogP contribution is 2.22. The Labute approximate surface area is 165 Å². The van der Waals surface area contributed by atoms with Gasteiger partial charge in [0.1, 0.15) is 12.1 Å². The fourth-order valence-electron chi connectivity index (χ4n) is 2.99. The number of carbonyl (C=O) groups excluding carboxylic acids is 1. The molecule has 1 N–H and O–H groups in total. The molecule has 3 aromatic rings. The molecule has 146 valence electrons. The molecule has 0 fully saturated rings. The molecular formula is C21H26N6O. The number of benzene rings is 1. The minimum absolute atomic E-state index is 0.127. The third-order valence-corrected chi connectivity index (χ3v) is 5.03. The molecule has 0 spiro atoms. The van der Waals surface area contributed by atoms with Gasteiger partial charge in [-0.3, -0.25) is 9.48 Å². The lowest BCUT2D eigenvalue weighted by Gasteiger charge is -2.16. The smallest absolute Gasteiger partial charge is 0.251 e. The first-order chi connectivity index (χ1) is 13.4. The van der Waals surface area contributed by atoms with Gasteiger partial charge in [0.2, 0.25) is 0 Å². The van der Waals surface area contributed by atoms with Crippen LogP contribution < -0.4 is 10.2 Å². The summed E-state index contributed by atoms with van der Waals surface area (Å²) in [7, 11) is 3.88. The lowest BCUT2D eigenvalue weighted by Crippen LogP contribution is -2.27. The van der Waals surface area contributed by atoms with Gasteiger partial charge >= 0.3 is 0 Å². The fourth-order valence-corrected chi connectivity index (χ4v) is 2.99. The molecule has 0 bridgehead atoms. The summed E-state index contributed by atoms with van der Waals surface area (Å²) in [5.74, 6) is 0.723. The van der Waals surface area contributed by atoms with Crippen LogP contribution in [0.3, 0.4) is 0 Å². The Hall–Kier alpha value is -3.22. The number of hydrogen-bond donors (Lipinski definition) is 1. The maximum absolute atomic E-state index is 12.8. The summed E-state index contributed by atoms with van der Waals surface area (Å²) in [6.07, 6.45) is 3.35. The van der Waals surface area contributed by atoms with E-state index in [4.69, 9.17) is 0 Å². The lowest BCUT2D eigenvalue weighted by molar-refractivity contribution is 0.0940. The van der Waals surface area contributed by atoms with E-state index in [0.29, 0.717) is 5.56 Å². The maximum atomic E-state index is 12.8. The van der Waals surface area contributed by atoms with Crippen LogP contribution in [0.15, 0.2) is 42.9 Å². The summed E-state index contributed by atoms with van der Waals surface area (Å²) in [5.41, 5.74) is 4.31. The Balaban J connectivity index is 1.81. The van der Waals surface area contributed by atoms with E-state index in [-0.39, 0.29) is 11.9 Å². The summed E-state index contributed by atoms with van der Waals surface area (Å²) >= 11 is 0. The van der Waals surface area contributed by atoms with Gasteiger partial charge in [-0.15, -0.1) is 0 Å². The number of anilines is 1. The van der Waals surface area contributed by atoms with Crippen molar-refractivity contribution in [1.29, 1.82) is 0 Å². The van der Waals surface area contributed by atoms with Crippen molar-refractivity contribution in [2.45, 2.75) is 26.8 Å². The summed E-state index contributed by atoms with van der Waals surface area (Å²) in [5, 5.41) is 7.30. The Morgan fingerprint density at radius 3 is 2.75 bits per heavy atom. The third kappa shape index (κ3) is 4.03. The molecule has 0 radical (unpaired) electrons. The quantitative estimate of drug-likeness (QED) is 0.713. The number of aryl methyl sites for hydroxylation is 1. The first-order valence-electron chi connectivity index (χ1n) is 9.33. The second kappa shape index (κ2) is 8.21. The zero-order valence-electron chi connectivity index (χ0n) is 17.0. The van der Waals surface area contributed by atoms with E-state index >= 15 is 0 Å². The lowest BCUT2D eigenvalue weighted by atomic mass is 10.1. The summed E-state index contributed by atoms with van der Waals surface area (Å²) in [6, 6.07) is 9.29. The predicted octanol–water partition coefficient (Wildman–Crippen LogP) is 3.13. The third-order valence-electron chi connectivity index (χ3n) is 5.03. The standard InChI is InChI=1S/C21H26N6O/c1-6-26(4)20-11-19(22-13-23-20)16-8-7-9-17(10-16)21(28)25-14(2)18-12-24-27(5)15(18)3/h7-14H,6H2,1-5H3,(H,25,28). The minimum atomic E-state index is -0.131. The molecule has 2 heterocycles. The number of rotatable bonds is 6. The predicted molar refractivity (Wildman–Crippen MR) is 110 cm³/mol. The van der Waals surface area contributed by atoms with Gasteiger partial charge in [-0.2, -0.15) is 5.10 Å². The maximum Gasteiger partial charge on any atom is 0.251 e. The Kier molecular flexibility index (Phi) is 5.73. The highest BCUT2D eigenvalue weighted by Gasteiger charge is 2.16. The molecule has 1 atom stereocenters. The van der Waals surface area contributed by atoms with Crippen molar-refractivity contribution in [2.24, 2.45) is 7.05 Å². The molecule has 0 saturated heterocycles. The van der Waals surface area contributed by atoms with Crippen LogP contribution in [0.5, 0.6) is 0 Å². The SMILES string of the molecule is CCN(C)c1cc(-c2cccc(C(=O)NC(C)c3cnn(C)c3C)c2)ncn1. The van der Waals surface area contributed by atoms with Crippen LogP contribution in [0.2, 0.25) is 0 Å². The summed E-state index contributed by atoms with van der Waals surface area (Å²) in [4.78, 5) is 23.5. The number of amides is 1. The summed E-state index contributed by atoms with van der Waals surface area (Å²) in [6.45, 7) is 6.87. The Morgan fingerprint density at radius 1 is 1.29 bits per heavy atom. The second-order valence-corrected chi connectivity index (χ2v) is 6.86. The van der Waals surface area contributed by atoms with Crippen LogP contribution in [0, 0.1) is 6.92 Å². The Morgan fingerprint density at radius 2 is 2.07 bits per heavy atom. The Bertz CT molecular complexity index is 981. The van der Waals surface area contributed by atoms with Crippen molar-refractivity contribution in [3.05, 3.63) is 59.7 Å². The van der Waals surface area contributed by atoms with Crippen molar-refractivity contribution in [3.63, 3.8) is 0 Å². The first-order valence-corrected chi connectivity index (χ1v) is 9.33. The van der Waals surface area contributed by atoms with E-state index in [1.54, 1.807) is 17.2 Å². The van der Waals surface area contributed by atoms with Crippen molar-refractivity contribution < 1.29 is 4.79 Å². The van der Waals surface area contributed by atoms with Crippen LogP contribution in [-0.2, 0) is 7.05 Å². The van der Waals surface area contributed by atoms with E-state index in [9.17, 15) is 4.79 Å². The highest BCUT2D eigenvalue weighted by atomic mass is 16.1. The highest BCUT2D eigenvalue weighted by molar-refractivity contribution is 5.95. The van der Waals surface area contributed by atoms with Crippen LogP contribution in [0.25, 0.3) is 11.3 Å². The molecule has 2 aromatic heterocycles. The van der Waals surface area contributed by atoms with Gasteiger partial charge in [-0.25, -0.2) is 9.97 Å². The van der Waals surface area contributed by atoms with Gasteiger partial charge < -0.3 is 10.2 Å². The monoisotopic (exact) mass is 378 g/mol. The van der Waals surface area contributed by atoms with Gasteiger partial charge in [0.25, 0.3) is 5.91 Å². The largest absolute Gasteiger partial charge is 0.360 e. The minimum Gasteiger partial charge on any atom is -0.360 e. The van der Waals surface area contributed by atoms with Crippen LogP contribution in [0.4, 0.5) is 5.82 Å². The molecule has 1 unspecified atom stereocenters. The molecule has 0 saturated carbocycles. The van der Waals surface area contributed by atoms with Gasteiger partial charge in [-0.1, -0.05) is 12.1 Å². The van der Waals surface area contributed by atoms with E-state index in [2.05, 4.69) is 27.3 Å². The van der Waals surface area contributed by atoms with Crippen LogP contribution >= 0.6 is 0 Å². The molecule has 1 aromatic carbocycles. The number of nitrogens with zero attached hydrogens (tertiary/aromatic N) is 5. The van der Waals surface area contributed by atoms with Crippen molar-refractivity contribution in [2.75, 3.05) is 18.5 Å². The van der Waals surface area contributed by atoms with Crippen LogP contribution in [-0.4, -0.2) is 39.2 Å². The van der Waals surface area contributed by atoms with E-state index in [1.165, 1.54) is 0 Å². The van der Waals surface area contributed by atoms with Crippen molar-refractivity contribution >= 4 is 11.7 Å². The second-order valence-electron chi connectivity index (χ2n) is 6.86. The van der Waals surface area contributed by atoms with Crippen LogP contribution in [0.1, 0.15) is 41.5 Å². The normalized spacial score (nSPS) is 11.9. The number of hydrogen-bond acceptors (Lipinski definition) is 5. The van der Waals surface area contributed by atoms with Gasteiger partial charge in [-0.05, 0) is 32.9 Å². The van der Waals surface area contributed by atoms with E-state index in [0.717, 1.165) is 34.9 Å². The van der Waals surface area contributed by atoms with E-state index in [1.807, 2.05) is 63.2 Å². The summed E-state index contributed by atoms with van der Waals surface area (Å²) < 4.78 is 1.80. The molecule has 7 nitrogen and oxygen atoms in total. The fraction of sp³-hybridized carbons (Fsp3) is 0.333. The van der Waals surface area contributed by atoms with Gasteiger partial charge in [0.05, 0.1) is 17.9 Å². The molecule has 0 aliphatic carbocycles. The van der Waals surface area contributed by atoms with Crippen molar-refractivity contribution in [3.8, 4) is 11.3 Å². The molecule has 28 heavy (non-hydrogen) atoms. The van der Waals surface area contributed by atoms with Crippen molar-refractivity contribution in [1.82, 2.24) is 25.1 Å². The zero-order chi connectivity index (χ0) is 20.3. The molecule has 1 amide bonds. The topological polar surface area (TPSA) is 75.9 Å². The van der Waals surface area contributed by atoms with Gasteiger partial charge in [0.15, 0.2) is 0 Å². The van der Waals surface area contributed by atoms with E-state index < -0.39 is 0 Å². The number of aromatic nitrogens is 4. The molecule has 0 aliphatic heterocycles. The number of carbonyl (C=O) groups is 1. The van der Waals surface area contributed by atoms with Gasteiger partial charge in [0, 0.05) is 49.1 Å². The zero-order valence-corrected chi connectivity index (χ0v) is 17.0. The first kappa shape index (κ1) is 19.5. The average molecular weight is 378 g/mol. The molecular weight excluding hydrogens is 352 g/mol.